The van der Waals surface area contributed by atoms with Crippen LogP contribution in [-0.4, -0.2) is 22.4 Å². The number of aliphatic hydroxyl groups is 1. The Bertz CT molecular complexity index is 481. The summed E-state index contributed by atoms with van der Waals surface area (Å²) in [5, 5.41) is 12.5. The molecule has 0 saturated carbocycles. The molecule has 2 N–H and O–H groups in total. The van der Waals surface area contributed by atoms with Gasteiger partial charge in [-0.15, -0.1) is 0 Å². The van der Waals surface area contributed by atoms with Gasteiger partial charge in [-0.25, -0.2) is 4.79 Å². The van der Waals surface area contributed by atoms with E-state index < -0.39 is 17.3 Å². The van der Waals surface area contributed by atoms with E-state index in [4.69, 9.17) is 4.74 Å². The van der Waals surface area contributed by atoms with E-state index in [0.717, 1.165) is 16.8 Å². The number of carbonyl (C=O) groups excluding carboxylic acids is 1. The van der Waals surface area contributed by atoms with Gasteiger partial charge in [-0.2, -0.15) is 0 Å². The fraction of sp³-hybridized carbons (Fsp3) is 0.562. The highest BCUT2D eigenvalue weighted by Gasteiger charge is 2.17. The SMILES string of the molecule is Cc1cc(CC(C)(C)O)ccc1NC(=O)OC(C)(C)C. The van der Waals surface area contributed by atoms with Gasteiger partial charge in [-0.3, -0.25) is 5.32 Å². The molecule has 0 aliphatic rings. The topological polar surface area (TPSA) is 58.6 Å². The molecular formula is C16H25NO3. The van der Waals surface area contributed by atoms with Gasteiger partial charge in [0, 0.05) is 12.1 Å². The zero-order chi connectivity index (χ0) is 15.6. The third-order valence-corrected chi connectivity index (χ3v) is 2.56. The Morgan fingerprint density at radius 3 is 2.30 bits per heavy atom. The third kappa shape index (κ3) is 6.06. The highest BCUT2D eigenvalue weighted by molar-refractivity contribution is 5.85. The van der Waals surface area contributed by atoms with Crippen LogP contribution in [0.4, 0.5) is 10.5 Å². The van der Waals surface area contributed by atoms with E-state index in [2.05, 4.69) is 5.32 Å². The Morgan fingerprint density at radius 2 is 1.85 bits per heavy atom. The predicted octanol–water partition coefficient (Wildman–Crippen LogP) is 3.66. The molecule has 0 fully saturated rings. The minimum atomic E-state index is -0.744. The summed E-state index contributed by atoms with van der Waals surface area (Å²) in [6, 6.07) is 5.70. The van der Waals surface area contributed by atoms with Crippen molar-refractivity contribution < 1.29 is 14.6 Å². The summed E-state index contributed by atoms with van der Waals surface area (Å²) in [5.74, 6) is 0. The van der Waals surface area contributed by atoms with Gasteiger partial charge in [0.1, 0.15) is 5.60 Å². The highest BCUT2D eigenvalue weighted by Crippen LogP contribution is 2.20. The summed E-state index contributed by atoms with van der Waals surface area (Å²) in [6.45, 7) is 10.9. The molecule has 0 radical (unpaired) electrons. The number of nitrogens with one attached hydrogen (secondary N) is 1. The van der Waals surface area contributed by atoms with Gasteiger partial charge >= 0.3 is 6.09 Å². The molecule has 20 heavy (non-hydrogen) atoms. The van der Waals surface area contributed by atoms with E-state index in [-0.39, 0.29) is 0 Å². The quantitative estimate of drug-likeness (QED) is 0.887. The molecule has 1 rings (SSSR count). The van der Waals surface area contributed by atoms with Crippen molar-refractivity contribution in [2.24, 2.45) is 0 Å². The first kappa shape index (κ1) is 16.5. The van der Waals surface area contributed by atoms with Crippen molar-refractivity contribution in [2.75, 3.05) is 5.32 Å². The zero-order valence-corrected chi connectivity index (χ0v) is 13.2. The van der Waals surface area contributed by atoms with Crippen LogP contribution in [0, 0.1) is 6.92 Å². The standard InChI is InChI=1S/C16H25NO3/c1-11-9-12(10-16(5,6)19)7-8-13(11)17-14(18)20-15(2,3)4/h7-9,19H,10H2,1-6H3,(H,17,18). The number of hydrogen-bond acceptors (Lipinski definition) is 3. The van der Waals surface area contributed by atoms with Gasteiger partial charge in [0.15, 0.2) is 0 Å². The maximum atomic E-state index is 11.7. The number of ether oxygens (including phenoxy) is 1. The Balaban J connectivity index is 2.76. The molecule has 0 aliphatic heterocycles. The largest absolute Gasteiger partial charge is 0.444 e. The van der Waals surface area contributed by atoms with Gasteiger partial charge < -0.3 is 9.84 Å². The van der Waals surface area contributed by atoms with Crippen molar-refractivity contribution >= 4 is 11.8 Å². The van der Waals surface area contributed by atoms with Gasteiger partial charge in [-0.1, -0.05) is 12.1 Å². The van der Waals surface area contributed by atoms with E-state index in [1.807, 2.05) is 45.9 Å². The van der Waals surface area contributed by atoms with Crippen LogP contribution in [0.5, 0.6) is 0 Å². The molecule has 0 aromatic heterocycles. The average molecular weight is 279 g/mol. The number of hydrogen-bond donors (Lipinski definition) is 2. The Kier molecular flexibility index (Phi) is 4.81. The van der Waals surface area contributed by atoms with Gasteiger partial charge in [0.25, 0.3) is 0 Å². The number of carbonyl (C=O) groups is 1. The van der Waals surface area contributed by atoms with Gasteiger partial charge in [-0.05, 0) is 58.7 Å². The number of amides is 1. The average Bonchev–Trinajstić information content (AvgIpc) is 2.17. The van der Waals surface area contributed by atoms with Crippen LogP contribution in [0.1, 0.15) is 45.7 Å². The number of aryl methyl sites for hydroxylation is 1. The summed E-state index contributed by atoms with van der Waals surface area (Å²) in [5.41, 5.74) is 1.44. The first-order chi connectivity index (χ1) is 8.96. The molecule has 0 spiro atoms. The van der Waals surface area contributed by atoms with E-state index in [1.54, 1.807) is 13.8 Å². The fourth-order valence-electron chi connectivity index (χ4n) is 1.89. The molecular weight excluding hydrogens is 254 g/mol. The normalized spacial score (nSPS) is 12.2. The summed E-state index contributed by atoms with van der Waals surface area (Å²) < 4.78 is 5.22. The van der Waals surface area contributed by atoms with Crippen LogP contribution in [0.3, 0.4) is 0 Å². The highest BCUT2D eigenvalue weighted by atomic mass is 16.6. The van der Waals surface area contributed by atoms with Crippen molar-refractivity contribution in [1.29, 1.82) is 0 Å². The Labute approximate surface area is 121 Å². The van der Waals surface area contributed by atoms with Crippen LogP contribution in [0.2, 0.25) is 0 Å². The second kappa shape index (κ2) is 5.83. The first-order valence-electron chi connectivity index (χ1n) is 6.78. The second-order valence-electron chi connectivity index (χ2n) is 6.77. The molecule has 1 amide bonds. The van der Waals surface area contributed by atoms with E-state index in [0.29, 0.717) is 6.42 Å². The number of anilines is 1. The molecule has 112 valence electrons. The van der Waals surface area contributed by atoms with E-state index in [9.17, 15) is 9.90 Å². The lowest BCUT2D eigenvalue weighted by atomic mass is 9.97. The molecule has 0 saturated heterocycles. The zero-order valence-electron chi connectivity index (χ0n) is 13.2. The molecule has 1 aromatic carbocycles. The van der Waals surface area contributed by atoms with Crippen molar-refractivity contribution in [3.8, 4) is 0 Å². The maximum Gasteiger partial charge on any atom is 0.412 e. The molecule has 4 nitrogen and oxygen atoms in total. The third-order valence-electron chi connectivity index (χ3n) is 2.56. The van der Waals surface area contributed by atoms with Crippen LogP contribution < -0.4 is 5.32 Å². The molecule has 0 atom stereocenters. The van der Waals surface area contributed by atoms with Gasteiger partial charge in [0.05, 0.1) is 5.60 Å². The molecule has 0 unspecified atom stereocenters. The molecule has 1 aromatic rings. The summed E-state index contributed by atoms with van der Waals surface area (Å²) in [7, 11) is 0. The Hall–Kier alpha value is -1.55. The number of benzene rings is 1. The van der Waals surface area contributed by atoms with Crippen molar-refractivity contribution in [2.45, 2.75) is 59.2 Å². The van der Waals surface area contributed by atoms with Crippen molar-refractivity contribution in [3.05, 3.63) is 29.3 Å². The second-order valence-corrected chi connectivity index (χ2v) is 6.77. The van der Waals surface area contributed by atoms with E-state index >= 15 is 0 Å². The predicted molar refractivity (Wildman–Crippen MR) is 81.0 cm³/mol. The van der Waals surface area contributed by atoms with Crippen LogP contribution in [0.15, 0.2) is 18.2 Å². The fourth-order valence-corrected chi connectivity index (χ4v) is 1.89. The summed E-state index contributed by atoms with van der Waals surface area (Å²) in [4.78, 5) is 11.7. The molecule has 0 bridgehead atoms. The van der Waals surface area contributed by atoms with Crippen molar-refractivity contribution in [3.63, 3.8) is 0 Å². The lowest BCUT2D eigenvalue weighted by Crippen LogP contribution is -2.27. The number of rotatable bonds is 3. The van der Waals surface area contributed by atoms with Crippen LogP contribution in [-0.2, 0) is 11.2 Å². The molecule has 0 aliphatic carbocycles. The van der Waals surface area contributed by atoms with Gasteiger partial charge in [0.2, 0.25) is 0 Å². The maximum absolute atomic E-state index is 11.7. The smallest absolute Gasteiger partial charge is 0.412 e. The lowest BCUT2D eigenvalue weighted by molar-refractivity contribution is 0.0635. The van der Waals surface area contributed by atoms with Crippen molar-refractivity contribution in [1.82, 2.24) is 0 Å². The molecule has 0 heterocycles. The Morgan fingerprint density at radius 1 is 1.25 bits per heavy atom. The molecule has 4 heteroatoms. The van der Waals surface area contributed by atoms with E-state index in [1.165, 1.54) is 0 Å². The minimum absolute atomic E-state index is 0.462. The first-order valence-corrected chi connectivity index (χ1v) is 6.78. The summed E-state index contributed by atoms with van der Waals surface area (Å²) >= 11 is 0. The summed E-state index contributed by atoms with van der Waals surface area (Å²) in [6.07, 6.45) is 0.108. The minimum Gasteiger partial charge on any atom is -0.444 e. The monoisotopic (exact) mass is 279 g/mol. The van der Waals surface area contributed by atoms with Crippen LogP contribution >= 0.6 is 0 Å². The van der Waals surface area contributed by atoms with Crippen LogP contribution in [0.25, 0.3) is 0 Å². The lowest BCUT2D eigenvalue weighted by Gasteiger charge is -2.21.